The van der Waals surface area contributed by atoms with Crippen molar-refractivity contribution < 1.29 is 14.3 Å². The van der Waals surface area contributed by atoms with Gasteiger partial charge >= 0.3 is 5.97 Å². The second-order valence-electron chi connectivity index (χ2n) is 7.11. The Labute approximate surface area is 168 Å². The van der Waals surface area contributed by atoms with Crippen LogP contribution in [-0.2, 0) is 14.3 Å². The van der Waals surface area contributed by atoms with Gasteiger partial charge in [0.25, 0.3) is 0 Å². The molecule has 6 nitrogen and oxygen atoms in total. The summed E-state index contributed by atoms with van der Waals surface area (Å²) in [5.41, 5.74) is 6.29. The largest absolute Gasteiger partial charge is 0.467 e. The molecule has 1 aliphatic rings. The Bertz CT molecular complexity index is 424. The van der Waals surface area contributed by atoms with Crippen molar-refractivity contribution in [3.05, 3.63) is 0 Å². The first kappa shape index (κ1) is 25.5. The van der Waals surface area contributed by atoms with E-state index < -0.39 is 6.04 Å². The number of carbonyl (C=O) groups is 2. The summed E-state index contributed by atoms with van der Waals surface area (Å²) in [7, 11) is 1.35. The quantitative estimate of drug-likeness (QED) is 0.452. The van der Waals surface area contributed by atoms with Crippen molar-refractivity contribution in [1.82, 2.24) is 10.2 Å². The van der Waals surface area contributed by atoms with Gasteiger partial charge in [-0.3, -0.25) is 9.69 Å². The molecule has 0 radical (unpaired) electrons. The van der Waals surface area contributed by atoms with E-state index in [2.05, 4.69) is 24.1 Å². The fourth-order valence-corrected chi connectivity index (χ4v) is 3.19. The number of ether oxygens (including phenoxy) is 1. The van der Waals surface area contributed by atoms with Gasteiger partial charge in [-0.2, -0.15) is 11.8 Å². The molecule has 0 aromatic carbocycles. The third kappa shape index (κ3) is 10.00. The van der Waals surface area contributed by atoms with Crippen LogP contribution < -0.4 is 11.1 Å². The number of nitrogens with two attached hydrogens (primary N) is 1. The van der Waals surface area contributed by atoms with Gasteiger partial charge in [-0.1, -0.05) is 20.3 Å². The molecule has 1 unspecified atom stereocenters. The number of esters is 1. The van der Waals surface area contributed by atoms with Crippen molar-refractivity contribution in [2.45, 2.75) is 51.6 Å². The molecule has 1 rings (SSSR count). The molecule has 1 saturated carbocycles. The number of nitrogens with zero attached hydrogens (tertiary/aromatic N) is 1. The van der Waals surface area contributed by atoms with Crippen molar-refractivity contribution in [2.75, 3.05) is 38.8 Å². The number of hydrogen-bond acceptors (Lipinski definition) is 6. The molecule has 0 bridgehead atoms. The highest BCUT2D eigenvalue weighted by molar-refractivity contribution is 7.98. The Morgan fingerprint density at radius 1 is 1.38 bits per heavy atom. The zero-order chi connectivity index (χ0) is 18.8. The summed E-state index contributed by atoms with van der Waals surface area (Å²) >= 11 is 1.64. The third-order valence-electron chi connectivity index (χ3n) is 4.86. The number of rotatable bonds is 13. The first-order chi connectivity index (χ1) is 11.9. The predicted octanol–water partition coefficient (Wildman–Crippen LogP) is 1.90. The molecule has 1 amide bonds. The van der Waals surface area contributed by atoms with E-state index in [-0.39, 0.29) is 36.9 Å². The van der Waals surface area contributed by atoms with Gasteiger partial charge in [0.2, 0.25) is 5.91 Å². The Morgan fingerprint density at radius 3 is 2.54 bits per heavy atom. The summed E-state index contributed by atoms with van der Waals surface area (Å²) in [6.45, 7) is 6.19. The Morgan fingerprint density at radius 2 is 2.04 bits per heavy atom. The van der Waals surface area contributed by atoms with Gasteiger partial charge in [0.05, 0.1) is 13.7 Å². The second kappa shape index (κ2) is 13.6. The lowest BCUT2D eigenvalue weighted by molar-refractivity contribution is -0.145. The van der Waals surface area contributed by atoms with E-state index in [0.717, 1.165) is 18.7 Å². The van der Waals surface area contributed by atoms with Crippen LogP contribution in [0.5, 0.6) is 0 Å². The number of carbonyl (C=O) groups excluding carboxylic acids is 2. The molecule has 3 N–H and O–H groups in total. The first-order valence-corrected chi connectivity index (χ1v) is 10.6. The summed E-state index contributed by atoms with van der Waals surface area (Å²) in [4.78, 5) is 26.5. The van der Waals surface area contributed by atoms with E-state index in [1.807, 2.05) is 6.26 Å². The predicted molar refractivity (Wildman–Crippen MR) is 111 cm³/mol. The fraction of sp³-hybridized carbons (Fsp3) is 0.889. The Kier molecular flexibility index (Phi) is 13.4. The second-order valence-corrected chi connectivity index (χ2v) is 8.10. The van der Waals surface area contributed by atoms with Crippen molar-refractivity contribution in [3.63, 3.8) is 0 Å². The number of thioether (sulfide) groups is 1. The number of nitrogens with one attached hydrogen (secondary N) is 1. The van der Waals surface area contributed by atoms with Crippen LogP contribution in [0.1, 0.15) is 39.5 Å². The minimum atomic E-state index is -0.573. The van der Waals surface area contributed by atoms with Crippen LogP contribution in [0.3, 0.4) is 0 Å². The van der Waals surface area contributed by atoms with E-state index in [0.29, 0.717) is 24.8 Å². The van der Waals surface area contributed by atoms with Gasteiger partial charge in [0.1, 0.15) is 6.04 Å². The molecule has 0 spiro atoms. The zero-order valence-corrected chi connectivity index (χ0v) is 18.2. The number of amides is 1. The van der Waals surface area contributed by atoms with Gasteiger partial charge in [-0.25, -0.2) is 4.79 Å². The van der Waals surface area contributed by atoms with E-state index in [1.54, 1.807) is 11.8 Å². The average molecular weight is 410 g/mol. The molecule has 0 heterocycles. The van der Waals surface area contributed by atoms with Crippen LogP contribution >= 0.6 is 24.2 Å². The number of methoxy groups -OCH3 is 1. The van der Waals surface area contributed by atoms with E-state index in [9.17, 15) is 9.59 Å². The van der Waals surface area contributed by atoms with E-state index in [1.165, 1.54) is 20.0 Å². The highest BCUT2D eigenvalue weighted by Gasteiger charge is 2.28. The van der Waals surface area contributed by atoms with Crippen LogP contribution in [0, 0.1) is 11.8 Å². The fourth-order valence-electron chi connectivity index (χ4n) is 2.72. The molecule has 0 saturated heterocycles. The van der Waals surface area contributed by atoms with Crippen LogP contribution in [0.2, 0.25) is 0 Å². The molecule has 1 fully saturated rings. The van der Waals surface area contributed by atoms with Gasteiger partial charge in [-0.05, 0) is 43.1 Å². The number of hydrogen-bond donors (Lipinski definition) is 2. The third-order valence-corrected chi connectivity index (χ3v) is 5.50. The molecule has 3 atom stereocenters. The smallest absolute Gasteiger partial charge is 0.328 e. The van der Waals surface area contributed by atoms with Crippen LogP contribution in [0.4, 0.5) is 0 Å². The van der Waals surface area contributed by atoms with Gasteiger partial charge in [0, 0.05) is 19.1 Å². The van der Waals surface area contributed by atoms with Crippen molar-refractivity contribution in [1.29, 1.82) is 0 Å². The highest BCUT2D eigenvalue weighted by Crippen LogP contribution is 2.29. The average Bonchev–Trinajstić information content (AvgIpc) is 3.40. The lowest BCUT2D eigenvalue weighted by atomic mass is 9.99. The van der Waals surface area contributed by atoms with Crippen LogP contribution in [0.25, 0.3) is 0 Å². The highest BCUT2D eigenvalue weighted by atomic mass is 35.5. The van der Waals surface area contributed by atoms with Crippen LogP contribution in [0.15, 0.2) is 0 Å². The Balaban J connectivity index is 0.00000625. The summed E-state index contributed by atoms with van der Waals surface area (Å²) in [5, 5.41) is 2.83. The van der Waals surface area contributed by atoms with Crippen molar-refractivity contribution >= 4 is 36.0 Å². The lowest BCUT2D eigenvalue weighted by Crippen LogP contribution is -2.49. The van der Waals surface area contributed by atoms with Crippen molar-refractivity contribution in [3.8, 4) is 0 Å². The Hall–Kier alpha value is -0.500. The molecule has 0 aromatic rings. The minimum Gasteiger partial charge on any atom is -0.467 e. The summed E-state index contributed by atoms with van der Waals surface area (Å²) < 4.78 is 4.80. The van der Waals surface area contributed by atoms with Crippen molar-refractivity contribution in [2.24, 2.45) is 17.6 Å². The lowest BCUT2D eigenvalue weighted by Gasteiger charge is -2.28. The standard InChI is InChI=1S/C18H35N3O3S.ClH/c1-5-13(2)15(19)11-21(10-14-6-7-14)12-17(22)20-16(8-9-25-4)18(23)24-3;/h13-16H,5-12,19H2,1-4H3,(H,20,22);1H/t13?,15-,16+;/m1./s1. The van der Waals surface area contributed by atoms with Gasteiger partial charge in [0.15, 0.2) is 0 Å². The number of halogens is 1. The maximum absolute atomic E-state index is 12.5. The van der Waals surface area contributed by atoms with Crippen LogP contribution in [-0.4, -0.2) is 67.6 Å². The zero-order valence-electron chi connectivity index (χ0n) is 16.5. The molecular formula is C18H36ClN3O3S. The maximum atomic E-state index is 12.5. The molecule has 1 aliphatic carbocycles. The topological polar surface area (TPSA) is 84.7 Å². The molecule has 8 heteroatoms. The SMILES string of the molecule is CCC(C)[C@H](N)CN(CC(=O)N[C@@H](CCSC)C(=O)OC)CC1CC1.Cl. The minimum absolute atomic E-state index is 0. The summed E-state index contributed by atoms with van der Waals surface area (Å²) in [6.07, 6.45) is 6.05. The summed E-state index contributed by atoms with van der Waals surface area (Å²) in [5.74, 6) is 1.39. The monoisotopic (exact) mass is 409 g/mol. The molecule has 26 heavy (non-hydrogen) atoms. The normalized spacial score (nSPS) is 17.2. The summed E-state index contributed by atoms with van der Waals surface area (Å²) in [6, 6.07) is -0.514. The van der Waals surface area contributed by atoms with Gasteiger partial charge < -0.3 is 15.8 Å². The maximum Gasteiger partial charge on any atom is 0.328 e. The first-order valence-electron chi connectivity index (χ1n) is 9.25. The van der Waals surface area contributed by atoms with E-state index >= 15 is 0 Å². The molecule has 154 valence electrons. The molecular weight excluding hydrogens is 374 g/mol. The van der Waals surface area contributed by atoms with Gasteiger partial charge in [-0.15, -0.1) is 12.4 Å². The van der Waals surface area contributed by atoms with E-state index in [4.69, 9.17) is 10.5 Å². The molecule has 0 aliphatic heterocycles. The molecule has 0 aromatic heterocycles.